The Kier molecular flexibility index (Phi) is 4.73. The molecule has 0 saturated carbocycles. The number of halogens is 3. The minimum absolute atomic E-state index is 0.0503. The lowest BCUT2D eigenvalue weighted by Crippen LogP contribution is -2.24. The Bertz CT molecular complexity index is 1050. The van der Waals surface area contributed by atoms with Gasteiger partial charge in [0.15, 0.2) is 0 Å². The van der Waals surface area contributed by atoms with Crippen LogP contribution in [0.2, 0.25) is 0 Å². The number of methoxy groups -OCH3 is 1. The number of aromatic nitrogens is 2. The van der Waals surface area contributed by atoms with E-state index in [0.29, 0.717) is 18.0 Å². The van der Waals surface area contributed by atoms with Crippen molar-refractivity contribution in [2.45, 2.75) is 18.5 Å². The standard InChI is InChI=1S/C20H16F3N3O3/c1-28-16-8-3-2-7-15(16)26-11-13(10-17(26)27)19-24-18(25-29-19)12-5-4-6-14(9-12)20(21,22)23/h2-9,13H,10-11H2,1H3. The third kappa shape index (κ3) is 3.67. The van der Waals surface area contributed by atoms with Gasteiger partial charge in [0.1, 0.15) is 5.75 Å². The smallest absolute Gasteiger partial charge is 0.416 e. The molecule has 0 bridgehead atoms. The van der Waals surface area contributed by atoms with Gasteiger partial charge in [-0.3, -0.25) is 4.79 Å². The number of anilines is 1. The van der Waals surface area contributed by atoms with Gasteiger partial charge in [0.05, 0.1) is 24.3 Å². The molecule has 1 saturated heterocycles. The Balaban J connectivity index is 1.57. The van der Waals surface area contributed by atoms with E-state index in [4.69, 9.17) is 9.26 Å². The van der Waals surface area contributed by atoms with E-state index in [9.17, 15) is 18.0 Å². The van der Waals surface area contributed by atoms with E-state index >= 15 is 0 Å². The molecule has 2 aromatic carbocycles. The fraction of sp³-hybridized carbons (Fsp3) is 0.250. The number of carbonyl (C=O) groups excluding carboxylic acids is 1. The van der Waals surface area contributed by atoms with Crippen LogP contribution in [0, 0.1) is 0 Å². The van der Waals surface area contributed by atoms with Crippen LogP contribution in [-0.4, -0.2) is 29.7 Å². The average molecular weight is 403 g/mol. The molecule has 2 heterocycles. The third-order valence-corrected chi connectivity index (χ3v) is 4.74. The summed E-state index contributed by atoms with van der Waals surface area (Å²) < 4.78 is 49.4. The van der Waals surface area contributed by atoms with Crippen LogP contribution in [0.25, 0.3) is 11.4 Å². The van der Waals surface area contributed by atoms with Crippen molar-refractivity contribution in [2.75, 3.05) is 18.6 Å². The highest BCUT2D eigenvalue weighted by molar-refractivity contribution is 5.97. The molecule has 1 aliphatic rings. The SMILES string of the molecule is COc1ccccc1N1CC(c2nc(-c3cccc(C(F)(F)F)c3)no2)CC1=O. The van der Waals surface area contributed by atoms with Crippen LogP contribution in [0.5, 0.6) is 5.75 Å². The lowest BCUT2D eigenvalue weighted by Gasteiger charge is -2.18. The van der Waals surface area contributed by atoms with E-state index < -0.39 is 11.7 Å². The predicted octanol–water partition coefficient (Wildman–Crippen LogP) is 4.28. The van der Waals surface area contributed by atoms with Crippen LogP contribution in [-0.2, 0) is 11.0 Å². The Morgan fingerprint density at radius 3 is 2.72 bits per heavy atom. The van der Waals surface area contributed by atoms with Crippen LogP contribution in [0.3, 0.4) is 0 Å². The van der Waals surface area contributed by atoms with Gasteiger partial charge in [-0.15, -0.1) is 0 Å². The normalized spacial score (nSPS) is 17.0. The van der Waals surface area contributed by atoms with Crippen molar-refractivity contribution in [2.24, 2.45) is 0 Å². The molecule has 0 spiro atoms. The number of hydrogen-bond acceptors (Lipinski definition) is 5. The van der Waals surface area contributed by atoms with Gasteiger partial charge in [0, 0.05) is 18.5 Å². The number of amides is 1. The van der Waals surface area contributed by atoms with Gasteiger partial charge >= 0.3 is 6.18 Å². The zero-order chi connectivity index (χ0) is 20.6. The number of rotatable bonds is 4. The summed E-state index contributed by atoms with van der Waals surface area (Å²) in [6.07, 6.45) is -4.31. The molecule has 3 aromatic rings. The molecular weight excluding hydrogens is 387 g/mol. The first-order chi connectivity index (χ1) is 13.9. The van der Waals surface area contributed by atoms with Crippen LogP contribution in [0.1, 0.15) is 23.8 Å². The molecule has 0 N–H and O–H groups in total. The van der Waals surface area contributed by atoms with Crippen LogP contribution in [0.15, 0.2) is 53.1 Å². The quantitative estimate of drug-likeness (QED) is 0.650. The summed E-state index contributed by atoms with van der Waals surface area (Å²) in [6, 6.07) is 11.9. The number of nitrogens with zero attached hydrogens (tertiary/aromatic N) is 3. The van der Waals surface area contributed by atoms with E-state index in [-0.39, 0.29) is 35.5 Å². The molecule has 1 amide bonds. The molecule has 150 valence electrons. The van der Waals surface area contributed by atoms with Crippen molar-refractivity contribution in [3.63, 3.8) is 0 Å². The fourth-order valence-electron chi connectivity index (χ4n) is 3.31. The highest BCUT2D eigenvalue weighted by Crippen LogP contribution is 2.37. The zero-order valence-electron chi connectivity index (χ0n) is 15.3. The second kappa shape index (κ2) is 7.23. The Hall–Kier alpha value is -3.36. The van der Waals surface area contributed by atoms with E-state index in [2.05, 4.69) is 10.1 Å². The van der Waals surface area contributed by atoms with Gasteiger partial charge in [-0.25, -0.2) is 0 Å². The molecule has 0 radical (unpaired) electrons. The van der Waals surface area contributed by atoms with Crippen LogP contribution in [0.4, 0.5) is 18.9 Å². The molecule has 29 heavy (non-hydrogen) atoms. The molecule has 1 atom stereocenters. The van der Waals surface area contributed by atoms with Crippen molar-refractivity contribution in [1.82, 2.24) is 10.1 Å². The molecule has 6 nitrogen and oxygen atoms in total. The van der Waals surface area contributed by atoms with Crippen molar-refractivity contribution >= 4 is 11.6 Å². The van der Waals surface area contributed by atoms with Gasteiger partial charge in [0.2, 0.25) is 17.6 Å². The molecule has 1 aromatic heterocycles. The highest BCUT2D eigenvalue weighted by Gasteiger charge is 2.36. The maximum Gasteiger partial charge on any atom is 0.416 e. The van der Waals surface area contributed by atoms with Crippen molar-refractivity contribution in [3.8, 4) is 17.1 Å². The molecule has 9 heteroatoms. The Morgan fingerprint density at radius 2 is 1.97 bits per heavy atom. The van der Waals surface area contributed by atoms with Crippen molar-refractivity contribution in [3.05, 3.63) is 60.0 Å². The number of para-hydroxylation sites is 2. The average Bonchev–Trinajstić information content (AvgIpc) is 3.34. The van der Waals surface area contributed by atoms with E-state index in [1.807, 2.05) is 0 Å². The lowest BCUT2D eigenvalue weighted by atomic mass is 10.1. The first-order valence-electron chi connectivity index (χ1n) is 8.81. The first kappa shape index (κ1) is 19.0. The van der Waals surface area contributed by atoms with Gasteiger partial charge in [0.25, 0.3) is 0 Å². The van der Waals surface area contributed by atoms with Crippen molar-refractivity contribution < 1.29 is 27.2 Å². The summed E-state index contributed by atoms with van der Waals surface area (Å²) in [7, 11) is 1.52. The van der Waals surface area contributed by atoms with Gasteiger partial charge < -0.3 is 14.2 Å². The maximum atomic E-state index is 12.9. The summed E-state index contributed by atoms with van der Waals surface area (Å²) >= 11 is 0. The minimum Gasteiger partial charge on any atom is -0.495 e. The van der Waals surface area contributed by atoms with Crippen LogP contribution >= 0.6 is 0 Å². The topological polar surface area (TPSA) is 68.5 Å². The number of ether oxygens (including phenoxy) is 1. The van der Waals surface area contributed by atoms with E-state index in [1.54, 1.807) is 29.2 Å². The monoisotopic (exact) mass is 403 g/mol. The number of carbonyl (C=O) groups is 1. The molecule has 4 rings (SSSR count). The first-order valence-corrected chi connectivity index (χ1v) is 8.81. The second-order valence-corrected chi connectivity index (χ2v) is 6.61. The maximum absolute atomic E-state index is 12.9. The molecule has 1 unspecified atom stereocenters. The number of hydrogen-bond donors (Lipinski definition) is 0. The summed E-state index contributed by atoms with van der Waals surface area (Å²) in [5.41, 5.74) is 0.0422. The highest BCUT2D eigenvalue weighted by atomic mass is 19.4. The molecule has 1 aliphatic heterocycles. The summed E-state index contributed by atoms with van der Waals surface area (Å²) in [5, 5.41) is 3.80. The van der Waals surface area contributed by atoms with Gasteiger partial charge in [-0.05, 0) is 24.3 Å². The molecule has 0 aliphatic carbocycles. The predicted molar refractivity (Wildman–Crippen MR) is 97.4 cm³/mol. The molecular formula is C20H16F3N3O3. The largest absolute Gasteiger partial charge is 0.495 e. The minimum atomic E-state index is -4.46. The number of alkyl halides is 3. The van der Waals surface area contributed by atoms with Gasteiger partial charge in [-0.1, -0.05) is 29.4 Å². The fourth-order valence-corrected chi connectivity index (χ4v) is 3.31. The Labute approximate surface area is 163 Å². The second-order valence-electron chi connectivity index (χ2n) is 6.61. The lowest BCUT2D eigenvalue weighted by molar-refractivity contribution is -0.137. The zero-order valence-corrected chi connectivity index (χ0v) is 15.3. The molecule has 1 fully saturated rings. The van der Waals surface area contributed by atoms with Gasteiger partial charge in [-0.2, -0.15) is 18.2 Å². The number of benzene rings is 2. The van der Waals surface area contributed by atoms with E-state index in [0.717, 1.165) is 12.1 Å². The summed E-state index contributed by atoms with van der Waals surface area (Å²) in [6.45, 7) is 0.309. The van der Waals surface area contributed by atoms with Crippen LogP contribution < -0.4 is 9.64 Å². The van der Waals surface area contributed by atoms with Crippen molar-refractivity contribution in [1.29, 1.82) is 0 Å². The third-order valence-electron chi connectivity index (χ3n) is 4.74. The van der Waals surface area contributed by atoms with E-state index in [1.165, 1.54) is 19.2 Å². The summed E-state index contributed by atoms with van der Waals surface area (Å²) in [4.78, 5) is 18.3. The Morgan fingerprint density at radius 1 is 1.17 bits per heavy atom. The summed E-state index contributed by atoms with van der Waals surface area (Å²) in [5.74, 6) is 0.340.